The maximum absolute atomic E-state index is 13.6. The van der Waals surface area contributed by atoms with E-state index >= 15 is 0 Å². The summed E-state index contributed by atoms with van der Waals surface area (Å²) in [5, 5.41) is 3.01. The summed E-state index contributed by atoms with van der Waals surface area (Å²) in [6, 6.07) is 19.2. The molecule has 37 heavy (non-hydrogen) atoms. The van der Waals surface area contributed by atoms with Gasteiger partial charge < -0.3 is 10.1 Å². The van der Waals surface area contributed by atoms with Gasteiger partial charge in [-0.1, -0.05) is 58.0 Å². The number of nitrogens with one attached hydrogen (secondary N) is 1. The molecule has 0 spiro atoms. The minimum absolute atomic E-state index is 0.136. The Bertz CT molecular complexity index is 1320. The molecule has 0 aromatic heterocycles. The van der Waals surface area contributed by atoms with Gasteiger partial charge in [0.15, 0.2) is 0 Å². The SMILES string of the molecule is COc1cc(C)c([C@H](C)NC(=O)CN(c2ccc(C(C)C)cc2)S(=O)(=O)c2ccccc2)cc1C(C)C. The molecule has 0 bridgehead atoms. The molecule has 0 saturated heterocycles. The summed E-state index contributed by atoms with van der Waals surface area (Å²) >= 11 is 0. The summed E-state index contributed by atoms with van der Waals surface area (Å²) in [5.74, 6) is 0.986. The van der Waals surface area contributed by atoms with E-state index in [4.69, 9.17) is 4.74 Å². The van der Waals surface area contributed by atoms with E-state index in [1.165, 1.54) is 4.31 Å². The molecule has 0 saturated carbocycles. The maximum Gasteiger partial charge on any atom is 0.264 e. The second-order valence-electron chi connectivity index (χ2n) is 9.97. The van der Waals surface area contributed by atoms with Gasteiger partial charge in [0.2, 0.25) is 5.91 Å². The zero-order chi connectivity index (χ0) is 27.3. The van der Waals surface area contributed by atoms with Gasteiger partial charge in [-0.3, -0.25) is 9.10 Å². The van der Waals surface area contributed by atoms with Crippen LogP contribution < -0.4 is 14.4 Å². The summed E-state index contributed by atoms with van der Waals surface area (Å²) < 4.78 is 34.0. The first kappa shape index (κ1) is 28.3. The van der Waals surface area contributed by atoms with Crippen LogP contribution in [0, 0.1) is 6.92 Å². The van der Waals surface area contributed by atoms with Crippen LogP contribution in [0.3, 0.4) is 0 Å². The van der Waals surface area contributed by atoms with Crippen molar-refractivity contribution in [1.29, 1.82) is 0 Å². The average Bonchev–Trinajstić information content (AvgIpc) is 2.87. The molecular formula is C30H38N2O4S. The molecule has 0 unspecified atom stereocenters. The predicted molar refractivity (Wildman–Crippen MR) is 150 cm³/mol. The molecule has 3 rings (SSSR count). The highest BCUT2D eigenvalue weighted by atomic mass is 32.2. The Labute approximate surface area is 221 Å². The van der Waals surface area contributed by atoms with Gasteiger partial charge in [-0.15, -0.1) is 0 Å². The van der Waals surface area contributed by atoms with Gasteiger partial charge in [0.05, 0.1) is 23.7 Å². The van der Waals surface area contributed by atoms with E-state index < -0.39 is 10.0 Å². The molecule has 1 N–H and O–H groups in total. The number of nitrogens with zero attached hydrogens (tertiary/aromatic N) is 1. The van der Waals surface area contributed by atoms with Crippen LogP contribution in [-0.2, 0) is 14.8 Å². The first-order valence-electron chi connectivity index (χ1n) is 12.6. The lowest BCUT2D eigenvalue weighted by atomic mass is 9.93. The van der Waals surface area contributed by atoms with Crippen molar-refractivity contribution in [3.05, 3.63) is 89.0 Å². The van der Waals surface area contributed by atoms with Crippen molar-refractivity contribution >= 4 is 21.6 Å². The third-order valence-corrected chi connectivity index (χ3v) is 8.34. The van der Waals surface area contributed by atoms with Crippen LogP contribution in [0.15, 0.2) is 71.6 Å². The minimum atomic E-state index is -3.96. The van der Waals surface area contributed by atoms with Gasteiger partial charge in [0.1, 0.15) is 12.3 Å². The first-order valence-corrected chi connectivity index (χ1v) is 14.0. The van der Waals surface area contributed by atoms with Crippen molar-refractivity contribution in [2.24, 2.45) is 0 Å². The molecule has 1 atom stereocenters. The fraction of sp³-hybridized carbons (Fsp3) is 0.367. The van der Waals surface area contributed by atoms with Gasteiger partial charge in [0.25, 0.3) is 10.0 Å². The molecule has 0 heterocycles. The molecule has 0 aliphatic heterocycles. The Kier molecular flexibility index (Phi) is 9.02. The zero-order valence-electron chi connectivity index (χ0n) is 22.8. The maximum atomic E-state index is 13.6. The van der Waals surface area contributed by atoms with Crippen molar-refractivity contribution in [3.63, 3.8) is 0 Å². The van der Waals surface area contributed by atoms with Crippen LogP contribution in [0.4, 0.5) is 5.69 Å². The fourth-order valence-corrected chi connectivity index (χ4v) is 5.81. The number of hydrogen-bond acceptors (Lipinski definition) is 4. The molecule has 0 aliphatic carbocycles. The summed E-state index contributed by atoms with van der Waals surface area (Å²) in [7, 11) is -2.31. The second kappa shape index (κ2) is 11.8. The first-order chi connectivity index (χ1) is 17.4. The Morgan fingerprint density at radius 3 is 2.05 bits per heavy atom. The van der Waals surface area contributed by atoms with Crippen molar-refractivity contribution in [1.82, 2.24) is 5.32 Å². The summed E-state index contributed by atoms with van der Waals surface area (Å²) in [6.45, 7) is 11.9. The number of rotatable bonds is 10. The normalized spacial score (nSPS) is 12.5. The Morgan fingerprint density at radius 1 is 0.892 bits per heavy atom. The van der Waals surface area contributed by atoms with Crippen molar-refractivity contribution < 1.29 is 17.9 Å². The molecule has 3 aromatic carbocycles. The van der Waals surface area contributed by atoms with E-state index in [9.17, 15) is 13.2 Å². The zero-order valence-corrected chi connectivity index (χ0v) is 23.6. The number of methoxy groups -OCH3 is 1. The fourth-order valence-electron chi connectivity index (χ4n) is 4.37. The second-order valence-corrected chi connectivity index (χ2v) is 11.8. The van der Waals surface area contributed by atoms with E-state index in [0.29, 0.717) is 11.6 Å². The summed E-state index contributed by atoms with van der Waals surface area (Å²) in [6.07, 6.45) is 0. The minimum Gasteiger partial charge on any atom is -0.496 e. The van der Waals surface area contributed by atoms with Crippen molar-refractivity contribution in [2.45, 2.75) is 64.3 Å². The Hall–Kier alpha value is -3.32. The predicted octanol–water partition coefficient (Wildman–Crippen LogP) is 6.32. The lowest BCUT2D eigenvalue weighted by molar-refractivity contribution is -0.120. The quantitative estimate of drug-likeness (QED) is 0.338. The van der Waals surface area contributed by atoms with Gasteiger partial charge in [-0.2, -0.15) is 0 Å². The highest BCUT2D eigenvalue weighted by Gasteiger charge is 2.28. The average molecular weight is 523 g/mol. The van der Waals surface area contributed by atoms with Crippen LogP contribution in [0.1, 0.15) is 74.8 Å². The van der Waals surface area contributed by atoms with Crippen LogP contribution >= 0.6 is 0 Å². The standard InChI is InChI=1S/C30H38N2O4S/c1-20(2)24-13-15-25(16-14-24)32(37(34,35)26-11-9-8-10-12-26)19-30(33)31-23(6)28-18-27(21(3)4)29(36-7)17-22(28)5/h8-18,20-21,23H,19H2,1-7H3,(H,31,33)/t23-/m0/s1. The van der Waals surface area contributed by atoms with Gasteiger partial charge >= 0.3 is 0 Å². The number of amides is 1. The molecule has 1 amide bonds. The molecule has 198 valence electrons. The van der Waals surface area contributed by atoms with E-state index in [0.717, 1.165) is 28.0 Å². The van der Waals surface area contributed by atoms with Crippen molar-refractivity contribution in [3.8, 4) is 5.75 Å². The summed E-state index contributed by atoms with van der Waals surface area (Å²) in [4.78, 5) is 13.4. The summed E-state index contributed by atoms with van der Waals surface area (Å²) in [5.41, 5.74) is 4.56. The highest BCUT2D eigenvalue weighted by molar-refractivity contribution is 7.92. The largest absolute Gasteiger partial charge is 0.496 e. The van der Waals surface area contributed by atoms with Gasteiger partial charge in [-0.05, 0) is 84.3 Å². The molecule has 6 nitrogen and oxygen atoms in total. The molecule has 0 radical (unpaired) electrons. The molecule has 0 aliphatic rings. The van der Waals surface area contributed by atoms with Crippen LogP contribution in [-0.4, -0.2) is 28.0 Å². The molecular weight excluding hydrogens is 484 g/mol. The highest BCUT2D eigenvalue weighted by Crippen LogP contribution is 2.32. The van der Waals surface area contributed by atoms with Gasteiger partial charge in [0, 0.05) is 0 Å². The number of carbonyl (C=O) groups excluding carboxylic acids is 1. The third-order valence-electron chi connectivity index (χ3n) is 6.55. The number of hydrogen-bond donors (Lipinski definition) is 1. The van der Waals surface area contributed by atoms with E-state index in [-0.39, 0.29) is 29.3 Å². The number of anilines is 1. The van der Waals surface area contributed by atoms with Crippen LogP contribution in [0.2, 0.25) is 0 Å². The smallest absolute Gasteiger partial charge is 0.264 e. The number of sulfonamides is 1. The molecule has 7 heteroatoms. The topological polar surface area (TPSA) is 75.7 Å². The number of benzene rings is 3. The van der Waals surface area contributed by atoms with Crippen molar-refractivity contribution in [2.75, 3.05) is 18.0 Å². The molecule has 0 fully saturated rings. The monoisotopic (exact) mass is 522 g/mol. The van der Waals surface area contributed by atoms with E-state index in [2.05, 4.69) is 39.1 Å². The van der Waals surface area contributed by atoms with Gasteiger partial charge in [-0.25, -0.2) is 8.42 Å². The number of carbonyl (C=O) groups is 1. The Morgan fingerprint density at radius 2 is 1.51 bits per heavy atom. The third kappa shape index (κ3) is 6.52. The lowest BCUT2D eigenvalue weighted by Crippen LogP contribution is -2.41. The van der Waals surface area contributed by atoms with Crippen LogP contribution in [0.5, 0.6) is 5.75 Å². The number of ether oxygens (including phenoxy) is 1. The van der Waals surface area contributed by atoms with E-state index in [1.54, 1.807) is 49.6 Å². The Balaban J connectivity index is 1.92. The van der Waals surface area contributed by atoms with Crippen LogP contribution in [0.25, 0.3) is 0 Å². The molecule has 3 aromatic rings. The number of aryl methyl sites for hydroxylation is 1. The van der Waals surface area contributed by atoms with E-state index in [1.807, 2.05) is 32.0 Å². The lowest BCUT2D eigenvalue weighted by Gasteiger charge is -2.26.